The summed E-state index contributed by atoms with van der Waals surface area (Å²) in [5.41, 5.74) is 11.7. The van der Waals surface area contributed by atoms with E-state index < -0.39 is 53.8 Å². The largest absolute Gasteiger partial charge is 0.508 e. The van der Waals surface area contributed by atoms with Gasteiger partial charge in [0.2, 0.25) is 23.6 Å². The van der Waals surface area contributed by atoms with Gasteiger partial charge in [-0.1, -0.05) is 26.0 Å². The van der Waals surface area contributed by atoms with E-state index >= 15 is 0 Å². The molecule has 0 fully saturated rings. The molecule has 12 nitrogen and oxygen atoms in total. The average molecular weight is 526 g/mol. The predicted molar refractivity (Wildman–Crippen MR) is 135 cm³/mol. The summed E-state index contributed by atoms with van der Waals surface area (Å²) >= 11 is 3.89. The van der Waals surface area contributed by atoms with Crippen LogP contribution in [0.5, 0.6) is 5.75 Å². The molecule has 13 heteroatoms. The molecule has 0 bridgehead atoms. The van der Waals surface area contributed by atoms with Crippen LogP contribution in [0.1, 0.15) is 38.7 Å². The molecule has 0 spiro atoms. The number of hydrogen-bond donors (Lipinski definition) is 8. The number of hydrogen-bond acceptors (Lipinski definition) is 8. The van der Waals surface area contributed by atoms with Gasteiger partial charge in [0, 0.05) is 18.6 Å². The number of phenolic OH excluding ortho intramolecular Hbond substituents is 1. The molecule has 0 saturated carbocycles. The van der Waals surface area contributed by atoms with Gasteiger partial charge in [-0.3, -0.25) is 19.2 Å². The minimum Gasteiger partial charge on any atom is -0.508 e. The van der Waals surface area contributed by atoms with E-state index in [1.54, 1.807) is 12.1 Å². The lowest BCUT2D eigenvalue weighted by Crippen LogP contribution is -2.58. The van der Waals surface area contributed by atoms with Gasteiger partial charge in [-0.25, -0.2) is 4.79 Å². The standard InChI is InChI=1S/C23H35N5O7S/c1-12(2)9-15(24)20(31)27-17(10-13-3-5-14(29)6-4-13)22(33)26-16(7-8-19(25)30)21(32)28-18(11-36)23(34)35/h3-6,12,15-18,29,36H,7-11,24H2,1-2H3,(H2,25,30)(H,26,33)(H,27,31)(H,28,32)(H,34,35). The van der Waals surface area contributed by atoms with Crippen LogP contribution >= 0.6 is 12.6 Å². The molecule has 36 heavy (non-hydrogen) atoms. The number of aliphatic carboxylic acids is 1. The first-order chi connectivity index (χ1) is 16.8. The molecule has 0 aromatic heterocycles. The first-order valence-corrected chi connectivity index (χ1v) is 12.0. The van der Waals surface area contributed by atoms with Gasteiger partial charge in [0.15, 0.2) is 0 Å². The van der Waals surface area contributed by atoms with Crippen molar-refractivity contribution in [2.24, 2.45) is 17.4 Å². The summed E-state index contributed by atoms with van der Waals surface area (Å²) in [6, 6.07) is 1.30. The number of carboxylic acid groups (broad SMARTS) is 1. The lowest BCUT2D eigenvalue weighted by molar-refractivity contribution is -0.141. The number of nitrogens with one attached hydrogen (secondary N) is 3. The fraction of sp³-hybridized carbons (Fsp3) is 0.522. The SMILES string of the molecule is CC(C)CC(N)C(=O)NC(Cc1ccc(O)cc1)C(=O)NC(CCC(N)=O)C(=O)NC(CS)C(=O)O. The normalized spacial score (nSPS) is 14.2. The van der Waals surface area contributed by atoms with Crippen LogP contribution in [0, 0.1) is 5.92 Å². The van der Waals surface area contributed by atoms with Crippen molar-refractivity contribution in [2.75, 3.05) is 5.75 Å². The third-order valence-corrected chi connectivity index (χ3v) is 5.55. The number of carbonyl (C=O) groups is 5. The molecule has 200 valence electrons. The molecular formula is C23H35N5O7S. The van der Waals surface area contributed by atoms with Crippen molar-refractivity contribution >= 4 is 42.2 Å². The lowest BCUT2D eigenvalue weighted by Gasteiger charge is -2.25. The van der Waals surface area contributed by atoms with Crippen LogP contribution in [-0.2, 0) is 30.4 Å². The quantitative estimate of drug-likeness (QED) is 0.133. The van der Waals surface area contributed by atoms with E-state index in [4.69, 9.17) is 11.5 Å². The molecule has 1 aromatic carbocycles. The smallest absolute Gasteiger partial charge is 0.327 e. The van der Waals surface area contributed by atoms with E-state index in [9.17, 15) is 34.2 Å². The number of nitrogens with two attached hydrogens (primary N) is 2. The van der Waals surface area contributed by atoms with Crippen LogP contribution in [0.15, 0.2) is 24.3 Å². The van der Waals surface area contributed by atoms with Crippen LogP contribution < -0.4 is 27.4 Å². The molecule has 0 saturated heterocycles. The fourth-order valence-corrected chi connectivity index (χ4v) is 3.50. The topological polar surface area (TPSA) is 214 Å². The highest BCUT2D eigenvalue weighted by Gasteiger charge is 2.30. The van der Waals surface area contributed by atoms with Gasteiger partial charge in [0.25, 0.3) is 0 Å². The maximum atomic E-state index is 13.2. The van der Waals surface area contributed by atoms with Gasteiger partial charge in [-0.2, -0.15) is 12.6 Å². The number of rotatable bonds is 15. The zero-order valence-corrected chi connectivity index (χ0v) is 21.2. The van der Waals surface area contributed by atoms with E-state index in [0.717, 1.165) is 0 Å². The number of carbonyl (C=O) groups excluding carboxylic acids is 4. The minimum atomic E-state index is -1.32. The molecule has 4 unspecified atom stereocenters. The van der Waals surface area contributed by atoms with Gasteiger partial charge in [-0.15, -0.1) is 0 Å². The number of phenols is 1. The maximum Gasteiger partial charge on any atom is 0.327 e. The van der Waals surface area contributed by atoms with Crippen molar-refractivity contribution in [2.45, 2.75) is 63.7 Å². The van der Waals surface area contributed by atoms with Crippen LogP contribution in [0.2, 0.25) is 0 Å². The molecule has 1 rings (SSSR count). The zero-order chi connectivity index (χ0) is 27.4. The number of carboxylic acids is 1. The van der Waals surface area contributed by atoms with Crippen molar-refractivity contribution in [1.29, 1.82) is 0 Å². The zero-order valence-electron chi connectivity index (χ0n) is 20.3. The van der Waals surface area contributed by atoms with Gasteiger partial charge in [-0.05, 0) is 36.5 Å². The van der Waals surface area contributed by atoms with Crippen LogP contribution in [0.25, 0.3) is 0 Å². The van der Waals surface area contributed by atoms with Crippen molar-refractivity contribution in [3.05, 3.63) is 29.8 Å². The number of thiol groups is 1. The van der Waals surface area contributed by atoms with E-state index in [1.807, 2.05) is 13.8 Å². The Labute approximate surface area is 215 Å². The lowest BCUT2D eigenvalue weighted by atomic mass is 10.0. The highest BCUT2D eigenvalue weighted by molar-refractivity contribution is 7.80. The number of benzene rings is 1. The second-order valence-corrected chi connectivity index (χ2v) is 9.18. The second-order valence-electron chi connectivity index (χ2n) is 8.82. The molecule has 0 heterocycles. The Balaban J connectivity index is 3.13. The molecule has 0 radical (unpaired) electrons. The summed E-state index contributed by atoms with van der Waals surface area (Å²) in [7, 11) is 0. The number of amides is 4. The summed E-state index contributed by atoms with van der Waals surface area (Å²) in [6.07, 6.45) is -0.0715. The fourth-order valence-electron chi connectivity index (χ4n) is 3.26. The van der Waals surface area contributed by atoms with Gasteiger partial charge < -0.3 is 37.6 Å². The van der Waals surface area contributed by atoms with E-state index in [-0.39, 0.29) is 36.7 Å². The average Bonchev–Trinajstić information content (AvgIpc) is 2.79. The van der Waals surface area contributed by atoms with Crippen molar-refractivity contribution < 1.29 is 34.2 Å². The molecule has 0 aliphatic heterocycles. The Hall–Kier alpha value is -3.32. The molecule has 0 aliphatic rings. The molecule has 0 aliphatic carbocycles. The Morgan fingerprint density at radius 2 is 1.44 bits per heavy atom. The number of primary amides is 1. The first-order valence-electron chi connectivity index (χ1n) is 11.4. The van der Waals surface area contributed by atoms with E-state index in [0.29, 0.717) is 12.0 Å². The maximum absolute atomic E-state index is 13.2. The third-order valence-electron chi connectivity index (χ3n) is 5.18. The molecule has 4 amide bonds. The monoisotopic (exact) mass is 525 g/mol. The summed E-state index contributed by atoms with van der Waals surface area (Å²) in [6.45, 7) is 3.79. The van der Waals surface area contributed by atoms with Crippen LogP contribution in [0.3, 0.4) is 0 Å². The summed E-state index contributed by atoms with van der Waals surface area (Å²) in [4.78, 5) is 61.1. The molecule has 4 atom stereocenters. The first kappa shape index (κ1) is 30.7. The predicted octanol–water partition coefficient (Wildman–Crippen LogP) is -0.958. The Kier molecular flexibility index (Phi) is 12.7. The Bertz CT molecular complexity index is 926. The van der Waals surface area contributed by atoms with E-state index in [1.165, 1.54) is 12.1 Å². The molecule has 9 N–H and O–H groups in total. The van der Waals surface area contributed by atoms with Crippen molar-refractivity contribution in [1.82, 2.24) is 16.0 Å². The molecular weight excluding hydrogens is 490 g/mol. The van der Waals surface area contributed by atoms with Crippen molar-refractivity contribution in [3.63, 3.8) is 0 Å². The summed E-state index contributed by atoms with van der Waals surface area (Å²) in [5, 5.41) is 26.0. The third kappa shape index (κ3) is 11.0. The van der Waals surface area contributed by atoms with E-state index in [2.05, 4.69) is 28.6 Å². The summed E-state index contributed by atoms with van der Waals surface area (Å²) < 4.78 is 0. The minimum absolute atomic E-state index is 0.00476. The van der Waals surface area contributed by atoms with Crippen LogP contribution in [-0.4, -0.2) is 69.7 Å². The van der Waals surface area contributed by atoms with Gasteiger partial charge in [0.1, 0.15) is 23.9 Å². The van der Waals surface area contributed by atoms with Gasteiger partial charge in [0.05, 0.1) is 6.04 Å². The summed E-state index contributed by atoms with van der Waals surface area (Å²) in [5.74, 6) is -4.27. The van der Waals surface area contributed by atoms with Crippen LogP contribution in [0.4, 0.5) is 0 Å². The molecule has 1 aromatic rings. The second kappa shape index (κ2) is 14.9. The Morgan fingerprint density at radius 3 is 1.94 bits per heavy atom. The Morgan fingerprint density at radius 1 is 0.917 bits per heavy atom. The highest BCUT2D eigenvalue weighted by atomic mass is 32.1. The van der Waals surface area contributed by atoms with Gasteiger partial charge >= 0.3 is 5.97 Å². The highest BCUT2D eigenvalue weighted by Crippen LogP contribution is 2.12. The number of aromatic hydroxyl groups is 1. The van der Waals surface area contributed by atoms with Crippen molar-refractivity contribution in [3.8, 4) is 5.75 Å².